The van der Waals surface area contributed by atoms with Crippen LogP contribution in [-0.4, -0.2) is 37.8 Å². The predicted molar refractivity (Wildman–Crippen MR) is 85.1 cm³/mol. The molecule has 0 bridgehead atoms. The summed E-state index contributed by atoms with van der Waals surface area (Å²) in [6.07, 6.45) is 1.72. The van der Waals surface area contributed by atoms with Crippen molar-refractivity contribution in [3.05, 3.63) is 42.5 Å². The van der Waals surface area contributed by atoms with Crippen molar-refractivity contribution in [3.8, 4) is 0 Å². The minimum absolute atomic E-state index is 0.143. The van der Waals surface area contributed by atoms with Gasteiger partial charge in [0.15, 0.2) is 5.11 Å². The SMILES string of the molecule is C=CCNC(=S)Nc1cccc(C(=O)NCCOC)c1. The van der Waals surface area contributed by atoms with Crippen LogP contribution in [0.15, 0.2) is 36.9 Å². The Bertz CT molecular complexity index is 477. The molecule has 108 valence electrons. The number of nitrogens with one attached hydrogen (secondary N) is 3. The number of carbonyl (C=O) groups excluding carboxylic acids is 1. The third-order valence-electron chi connectivity index (χ3n) is 2.38. The predicted octanol–water partition coefficient (Wildman–Crippen LogP) is 1.54. The Morgan fingerprint density at radius 3 is 2.95 bits per heavy atom. The number of thiocarbonyl (C=S) groups is 1. The summed E-state index contributed by atoms with van der Waals surface area (Å²) in [6, 6.07) is 7.12. The first-order valence-corrected chi connectivity index (χ1v) is 6.61. The van der Waals surface area contributed by atoms with E-state index in [9.17, 15) is 4.79 Å². The van der Waals surface area contributed by atoms with Gasteiger partial charge in [-0.2, -0.15) is 0 Å². The van der Waals surface area contributed by atoms with Crippen molar-refractivity contribution in [3.63, 3.8) is 0 Å². The second kappa shape index (κ2) is 9.06. The highest BCUT2D eigenvalue weighted by atomic mass is 32.1. The van der Waals surface area contributed by atoms with Crippen molar-refractivity contribution in [1.29, 1.82) is 0 Å². The molecule has 0 fully saturated rings. The average molecular weight is 293 g/mol. The lowest BCUT2D eigenvalue weighted by Crippen LogP contribution is -2.29. The van der Waals surface area contributed by atoms with Crippen LogP contribution >= 0.6 is 12.2 Å². The van der Waals surface area contributed by atoms with Crippen LogP contribution in [0.25, 0.3) is 0 Å². The quantitative estimate of drug-likeness (QED) is 0.404. The first kappa shape index (κ1) is 16.1. The van der Waals surface area contributed by atoms with Gasteiger partial charge in [0.05, 0.1) is 6.61 Å². The van der Waals surface area contributed by atoms with E-state index in [0.717, 1.165) is 5.69 Å². The Hall–Kier alpha value is -1.92. The molecule has 0 aliphatic rings. The maximum atomic E-state index is 11.9. The Labute approximate surface area is 124 Å². The number of hydrogen-bond donors (Lipinski definition) is 3. The molecular weight excluding hydrogens is 274 g/mol. The van der Waals surface area contributed by atoms with E-state index >= 15 is 0 Å². The summed E-state index contributed by atoms with van der Waals surface area (Å²) < 4.78 is 4.88. The molecule has 0 aliphatic carbocycles. The lowest BCUT2D eigenvalue weighted by Gasteiger charge is -2.10. The van der Waals surface area contributed by atoms with Crippen LogP contribution in [0.5, 0.6) is 0 Å². The van der Waals surface area contributed by atoms with Gasteiger partial charge in [0.25, 0.3) is 5.91 Å². The van der Waals surface area contributed by atoms with Crippen LogP contribution in [0, 0.1) is 0 Å². The highest BCUT2D eigenvalue weighted by Crippen LogP contribution is 2.10. The molecule has 1 aromatic carbocycles. The summed E-state index contributed by atoms with van der Waals surface area (Å²) in [5.74, 6) is -0.143. The minimum atomic E-state index is -0.143. The lowest BCUT2D eigenvalue weighted by molar-refractivity contribution is 0.0937. The van der Waals surface area contributed by atoms with Gasteiger partial charge in [-0.05, 0) is 30.4 Å². The van der Waals surface area contributed by atoms with Gasteiger partial charge < -0.3 is 20.7 Å². The Kier molecular flexibility index (Phi) is 7.31. The van der Waals surface area contributed by atoms with E-state index in [1.165, 1.54) is 0 Å². The molecule has 1 amide bonds. The molecule has 0 saturated heterocycles. The van der Waals surface area contributed by atoms with Gasteiger partial charge in [0.2, 0.25) is 0 Å². The zero-order valence-electron chi connectivity index (χ0n) is 11.4. The summed E-state index contributed by atoms with van der Waals surface area (Å²) >= 11 is 5.11. The first-order chi connectivity index (χ1) is 9.67. The number of hydrogen-bond acceptors (Lipinski definition) is 3. The van der Waals surface area contributed by atoms with Gasteiger partial charge in [-0.1, -0.05) is 12.1 Å². The number of benzene rings is 1. The molecule has 0 aliphatic heterocycles. The molecule has 0 saturated carbocycles. The fourth-order valence-electron chi connectivity index (χ4n) is 1.45. The molecule has 0 unspecified atom stereocenters. The smallest absolute Gasteiger partial charge is 0.251 e. The van der Waals surface area contributed by atoms with E-state index in [1.807, 2.05) is 6.07 Å². The second-order valence-electron chi connectivity index (χ2n) is 3.95. The van der Waals surface area contributed by atoms with Gasteiger partial charge in [-0.3, -0.25) is 4.79 Å². The number of anilines is 1. The number of carbonyl (C=O) groups is 1. The van der Waals surface area contributed by atoms with Crippen molar-refractivity contribution < 1.29 is 9.53 Å². The van der Waals surface area contributed by atoms with Crippen LogP contribution in [0.1, 0.15) is 10.4 Å². The molecule has 3 N–H and O–H groups in total. The molecule has 0 heterocycles. The zero-order chi connectivity index (χ0) is 14.8. The molecule has 0 aromatic heterocycles. The van der Waals surface area contributed by atoms with Crippen LogP contribution in [0.3, 0.4) is 0 Å². The summed E-state index contributed by atoms with van der Waals surface area (Å²) in [7, 11) is 1.59. The van der Waals surface area contributed by atoms with Gasteiger partial charge in [0, 0.05) is 31.5 Å². The Balaban J connectivity index is 2.58. The first-order valence-electron chi connectivity index (χ1n) is 6.20. The van der Waals surface area contributed by atoms with Gasteiger partial charge in [-0.25, -0.2) is 0 Å². The fraction of sp³-hybridized carbons (Fsp3) is 0.286. The van der Waals surface area contributed by atoms with E-state index in [4.69, 9.17) is 17.0 Å². The van der Waals surface area contributed by atoms with Crippen molar-refractivity contribution in [2.75, 3.05) is 32.1 Å². The highest BCUT2D eigenvalue weighted by Gasteiger charge is 2.06. The molecular formula is C14H19N3O2S. The van der Waals surface area contributed by atoms with Gasteiger partial charge >= 0.3 is 0 Å². The van der Waals surface area contributed by atoms with E-state index < -0.39 is 0 Å². The van der Waals surface area contributed by atoms with Crippen LogP contribution in [0.4, 0.5) is 5.69 Å². The fourth-order valence-corrected chi connectivity index (χ4v) is 1.65. The van der Waals surface area contributed by atoms with Gasteiger partial charge in [-0.15, -0.1) is 6.58 Å². The number of amides is 1. The number of methoxy groups -OCH3 is 1. The largest absolute Gasteiger partial charge is 0.383 e. The molecule has 0 atom stereocenters. The highest BCUT2D eigenvalue weighted by molar-refractivity contribution is 7.80. The Morgan fingerprint density at radius 1 is 1.45 bits per heavy atom. The third-order valence-corrected chi connectivity index (χ3v) is 2.63. The normalized spacial score (nSPS) is 9.65. The summed E-state index contributed by atoms with van der Waals surface area (Å²) in [5.41, 5.74) is 1.32. The summed E-state index contributed by atoms with van der Waals surface area (Å²) in [5, 5.41) is 9.21. The van der Waals surface area contributed by atoms with E-state index in [0.29, 0.717) is 30.4 Å². The molecule has 1 rings (SSSR count). The Morgan fingerprint density at radius 2 is 2.25 bits per heavy atom. The molecule has 5 nitrogen and oxygen atoms in total. The maximum Gasteiger partial charge on any atom is 0.251 e. The topological polar surface area (TPSA) is 62.4 Å². The van der Waals surface area contributed by atoms with Crippen molar-refractivity contribution in [2.45, 2.75) is 0 Å². The zero-order valence-corrected chi connectivity index (χ0v) is 12.3. The second-order valence-corrected chi connectivity index (χ2v) is 4.36. The molecule has 6 heteroatoms. The van der Waals surface area contributed by atoms with E-state index in [1.54, 1.807) is 31.4 Å². The van der Waals surface area contributed by atoms with Crippen LogP contribution in [0.2, 0.25) is 0 Å². The summed E-state index contributed by atoms with van der Waals surface area (Å²) in [6.45, 7) is 5.15. The van der Waals surface area contributed by atoms with Gasteiger partial charge in [0.1, 0.15) is 0 Å². The van der Waals surface area contributed by atoms with E-state index in [2.05, 4.69) is 22.5 Å². The molecule has 20 heavy (non-hydrogen) atoms. The minimum Gasteiger partial charge on any atom is -0.383 e. The van der Waals surface area contributed by atoms with Crippen LogP contribution < -0.4 is 16.0 Å². The maximum absolute atomic E-state index is 11.9. The van der Waals surface area contributed by atoms with Crippen LogP contribution in [-0.2, 0) is 4.74 Å². The summed E-state index contributed by atoms with van der Waals surface area (Å²) in [4.78, 5) is 11.9. The van der Waals surface area contributed by atoms with E-state index in [-0.39, 0.29) is 5.91 Å². The molecule has 0 radical (unpaired) electrons. The monoisotopic (exact) mass is 293 g/mol. The number of ether oxygens (including phenoxy) is 1. The number of rotatable bonds is 7. The third kappa shape index (κ3) is 5.81. The van der Waals surface area contributed by atoms with Crippen molar-refractivity contribution in [2.24, 2.45) is 0 Å². The van der Waals surface area contributed by atoms with Crippen molar-refractivity contribution in [1.82, 2.24) is 10.6 Å². The molecule has 0 spiro atoms. The van der Waals surface area contributed by atoms with Crippen molar-refractivity contribution >= 4 is 28.9 Å². The lowest BCUT2D eigenvalue weighted by atomic mass is 10.2. The molecule has 1 aromatic rings. The average Bonchev–Trinajstić information content (AvgIpc) is 2.45. The standard InChI is InChI=1S/C14H19N3O2S/c1-3-7-16-14(20)17-12-6-4-5-11(10-12)13(18)15-8-9-19-2/h3-6,10H,1,7-9H2,2H3,(H,15,18)(H2,16,17,20).